The van der Waals surface area contributed by atoms with Crippen LogP contribution in [0.5, 0.6) is 0 Å². The van der Waals surface area contributed by atoms with Crippen molar-refractivity contribution in [1.29, 1.82) is 0 Å². The number of rotatable bonds is 7. The third kappa shape index (κ3) is 4.32. The normalized spacial score (nSPS) is 23.7. The van der Waals surface area contributed by atoms with E-state index in [9.17, 15) is 0 Å². The van der Waals surface area contributed by atoms with Crippen LogP contribution in [0.25, 0.3) is 0 Å². The second-order valence-corrected chi connectivity index (χ2v) is 5.74. The monoisotopic (exact) mass is 264 g/mol. The number of nitrogens with zero attached hydrogens (tertiary/aromatic N) is 1. The Hall–Kier alpha value is -0.870. The summed E-state index contributed by atoms with van der Waals surface area (Å²) >= 11 is 0. The van der Waals surface area contributed by atoms with Gasteiger partial charge in [-0.2, -0.15) is 0 Å². The molecule has 0 aromatic carbocycles. The molecule has 4 nitrogen and oxygen atoms in total. The third-order valence-electron chi connectivity index (χ3n) is 3.88. The Morgan fingerprint density at radius 3 is 3.00 bits per heavy atom. The zero-order valence-electron chi connectivity index (χ0n) is 11.6. The highest BCUT2D eigenvalue weighted by Crippen LogP contribution is 2.19. The first-order valence-corrected chi connectivity index (χ1v) is 7.69. The summed E-state index contributed by atoms with van der Waals surface area (Å²) in [6, 6.07) is 0.795. The van der Waals surface area contributed by atoms with Crippen molar-refractivity contribution >= 4 is 0 Å². The molecule has 0 amide bonds. The number of aryl methyl sites for hydroxylation is 1. The van der Waals surface area contributed by atoms with Gasteiger partial charge in [0.1, 0.15) is 5.76 Å². The van der Waals surface area contributed by atoms with E-state index in [1.54, 1.807) is 0 Å². The molecule has 1 unspecified atom stereocenters. The number of hydrogen-bond acceptors (Lipinski definition) is 4. The highest BCUT2D eigenvalue weighted by molar-refractivity contribution is 4.97. The summed E-state index contributed by atoms with van der Waals surface area (Å²) in [5, 5.41) is 3.51. The van der Waals surface area contributed by atoms with Crippen LogP contribution in [-0.2, 0) is 17.6 Å². The highest BCUT2D eigenvalue weighted by Gasteiger charge is 2.20. The number of nitrogens with one attached hydrogen (secondary N) is 1. The van der Waals surface area contributed by atoms with Crippen molar-refractivity contribution in [3.63, 3.8) is 0 Å². The average molecular weight is 264 g/mol. The summed E-state index contributed by atoms with van der Waals surface area (Å²) in [4.78, 5) is 4.36. The van der Waals surface area contributed by atoms with E-state index in [2.05, 4.69) is 10.3 Å². The van der Waals surface area contributed by atoms with Gasteiger partial charge in [-0.3, -0.25) is 0 Å². The third-order valence-corrected chi connectivity index (χ3v) is 3.88. The quantitative estimate of drug-likeness (QED) is 0.769. The number of oxazole rings is 1. The molecule has 1 saturated carbocycles. The van der Waals surface area contributed by atoms with Crippen molar-refractivity contribution in [2.75, 3.05) is 13.2 Å². The molecule has 3 rings (SSSR count). The molecule has 19 heavy (non-hydrogen) atoms. The van der Waals surface area contributed by atoms with Crippen molar-refractivity contribution in [3.05, 3.63) is 17.8 Å². The van der Waals surface area contributed by atoms with Crippen LogP contribution in [0.15, 0.2) is 10.6 Å². The minimum Gasteiger partial charge on any atom is -0.446 e. The lowest BCUT2D eigenvalue weighted by Crippen LogP contribution is -2.21. The van der Waals surface area contributed by atoms with Crippen molar-refractivity contribution in [2.24, 2.45) is 0 Å². The van der Waals surface area contributed by atoms with Crippen LogP contribution in [0.1, 0.15) is 50.2 Å². The lowest BCUT2D eigenvalue weighted by Gasteiger charge is -2.21. The van der Waals surface area contributed by atoms with Crippen LogP contribution < -0.4 is 5.32 Å². The van der Waals surface area contributed by atoms with E-state index in [4.69, 9.17) is 9.15 Å². The predicted octanol–water partition coefficient (Wildman–Crippen LogP) is 2.47. The summed E-state index contributed by atoms with van der Waals surface area (Å²) in [5.74, 6) is 1.86. The average Bonchev–Trinajstić information content (AvgIpc) is 3.16. The fourth-order valence-corrected chi connectivity index (χ4v) is 2.58. The van der Waals surface area contributed by atoms with Gasteiger partial charge in [-0.25, -0.2) is 4.98 Å². The molecule has 1 saturated heterocycles. The molecule has 1 aromatic heterocycles. The minimum absolute atomic E-state index is 0.339. The Labute approximate surface area is 114 Å². The summed E-state index contributed by atoms with van der Waals surface area (Å²) < 4.78 is 11.5. The first-order valence-electron chi connectivity index (χ1n) is 7.69. The van der Waals surface area contributed by atoms with E-state index in [1.807, 2.05) is 6.20 Å². The lowest BCUT2D eigenvalue weighted by molar-refractivity contribution is 0.0138. The van der Waals surface area contributed by atoms with Gasteiger partial charge in [0.05, 0.1) is 12.3 Å². The molecule has 1 atom stereocenters. The number of ether oxygens (including phenoxy) is 1. The molecule has 0 radical (unpaired) electrons. The van der Waals surface area contributed by atoms with Gasteiger partial charge in [-0.1, -0.05) is 0 Å². The molecule has 4 heteroatoms. The Kier molecular flexibility index (Phi) is 4.51. The predicted molar refractivity (Wildman–Crippen MR) is 73.1 cm³/mol. The van der Waals surface area contributed by atoms with E-state index in [-0.39, 0.29) is 0 Å². The number of hydrogen-bond donors (Lipinski definition) is 1. The van der Waals surface area contributed by atoms with Crippen LogP contribution >= 0.6 is 0 Å². The molecule has 0 spiro atoms. The highest BCUT2D eigenvalue weighted by atomic mass is 16.5. The van der Waals surface area contributed by atoms with Crippen molar-refractivity contribution < 1.29 is 9.15 Å². The van der Waals surface area contributed by atoms with E-state index >= 15 is 0 Å². The first-order chi connectivity index (χ1) is 9.40. The zero-order valence-corrected chi connectivity index (χ0v) is 11.6. The van der Waals surface area contributed by atoms with Gasteiger partial charge < -0.3 is 14.5 Å². The summed E-state index contributed by atoms with van der Waals surface area (Å²) in [5.41, 5.74) is 0. The van der Waals surface area contributed by atoms with Gasteiger partial charge in [0.2, 0.25) is 0 Å². The molecule has 2 heterocycles. The molecule has 2 fully saturated rings. The Morgan fingerprint density at radius 2 is 2.21 bits per heavy atom. The summed E-state index contributed by atoms with van der Waals surface area (Å²) in [6.07, 6.45) is 11.5. The van der Waals surface area contributed by atoms with Crippen LogP contribution in [-0.4, -0.2) is 30.3 Å². The van der Waals surface area contributed by atoms with Gasteiger partial charge in [0.25, 0.3) is 0 Å². The van der Waals surface area contributed by atoms with E-state index in [0.717, 1.165) is 56.5 Å². The molecular weight excluding hydrogens is 240 g/mol. The van der Waals surface area contributed by atoms with Gasteiger partial charge in [-0.05, 0) is 45.1 Å². The zero-order chi connectivity index (χ0) is 12.9. The molecule has 0 bridgehead atoms. The maximum atomic E-state index is 5.79. The van der Waals surface area contributed by atoms with Gasteiger partial charge in [-0.15, -0.1) is 0 Å². The topological polar surface area (TPSA) is 47.3 Å². The van der Waals surface area contributed by atoms with Crippen LogP contribution in [0.2, 0.25) is 0 Å². The Balaban J connectivity index is 1.37. The van der Waals surface area contributed by atoms with Crippen LogP contribution in [0.4, 0.5) is 0 Å². The van der Waals surface area contributed by atoms with Gasteiger partial charge in [0.15, 0.2) is 5.89 Å². The Bertz CT molecular complexity index is 381. The lowest BCUT2D eigenvalue weighted by atomic mass is 10.1. The maximum Gasteiger partial charge on any atom is 0.194 e. The van der Waals surface area contributed by atoms with E-state index < -0.39 is 0 Å². The molecule has 1 aliphatic carbocycles. The van der Waals surface area contributed by atoms with Crippen LogP contribution in [0.3, 0.4) is 0 Å². The van der Waals surface area contributed by atoms with Crippen molar-refractivity contribution in [2.45, 2.75) is 63.5 Å². The second kappa shape index (κ2) is 6.53. The van der Waals surface area contributed by atoms with E-state index in [1.165, 1.54) is 25.7 Å². The molecular formula is C15H24N2O2. The molecule has 1 aromatic rings. The fraction of sp³-hybridized carbons (Fsp3) is 0.800. The smallest absolute Gasteiger partial charge is 0.194 e. The van der Waals surface area contributed by atoms with Crippen molar-refractivity contribution in [3.8, 4) is 0 Å². The standard InChI is InChI=1S/C15H24N2O2/c1-2-9-18-13(4-1)10-14-11-17-15(19-14)5-3-8-16-12-6-7-12/h11-13,16H,1-10H2. The molecule has 2 aliphatic rings. The largest absolute Gasteiger partial charge is 0.446 e. The molecule has 106 valence electrons. The minimum atomic E-state index is 0.339. The first kappa shape index (κ1) is 13.1. The summed E-state index contributed by atoms with van der Waals surface area (Å²) in [6.45, 7) is 1.98. The Morgan fingerprint density at radius 1 is 1.26 bits per heavy atom. The van der Waals surface area contributed by atoms with Crippen LogP contribution in [0, 0.1) is 0 Å². The second-order valence-electron chi connectivity index (χ2n) is 5.74. The SMILES string of the molecule is c1nc(CCCNC2CC2)oc1CC1CCCCO1. The fourth-order valence-electron chi connectivity index (χ4n) is 2.58. The van der Waals surface area contributed by atoms with E-state index in [0.29, 0.717) is 6.10 Å². The number of aromatic nitrogens is 1. The molecule has 1 N–H and O–H groups in total. The summed E-state index contributed by atoms with van der Waals surface area (Å²) in [7, 11) is 0. The van der Waals surface area contributed by atoms with Crippen molar-refractivity contribution in [1.82, 2.24) is 10.3 Å². The van der Waals surface area contributed by atoms with Gasteiger partial charge in [0, 0.05) is 25.5 Å². The van der Waals surface area contributed by atoms with Gasteiger partial charge >= 0.3 is 0 Å². The maximum absolute atomic E-state index is 5.79. The molecule has 1 aliphatic heterocycles.